The van der Waals surface area contributed by atoms with Gasteiger partial charge in [0.2, 0.25) is 0 Å². The number of halogens is 1. The predicted molar refractivity (Wildman–Crippen MR) is 82.7 cm³/mol. The first-order valence-electron chi connectivity index (χ1n) is 6.77. The first-order chi connectivity index (χ1) is 8.56. The first kappa shape index (κ1) is 15.7. The zero-order valence-electron chi connectivity index (χ0n) is 11.7. The van der Waals surface area contributed by atoms with Crippen molar-refractivity contribution in [2.75, 3.05) is 13.6 Å². The van der Waals surface area contributed by atoms with Crippen molar-refractivity contribution >= 4 is 15.9 Å². The van der Waals surface area contributed by atoms with Crippen LogP contribution in [0.5, 0.6) is 0 Å². The molecule has 0 bridgehead atoms. The molecule has 1 rings (SSSR count). The van der Waals surface area contributed by atoms with Crippen LogP contribution in [-0.2, 0) is 0 Å². The van der Waals surface area contributed by atoms with E-state index in [4.69, 9.17) is 5.73 Å². The van der Waals surface area contributed by atoms with Crippen LogP contribution in [0.1, 0.15) is 44.7 Å². The fraction of sp³-hybridized carbons (Fsp3) is 0.600. The predicted octanol–water partition coefficient (Wildman–Crippen LogP) is 3.96. The highest BCUT2D eigenvalue weighted by molar-refractivity contribution is 9.10. The lowest BCUT2D eigenvalue weighted by Crippen LogP contribution is -2.37. The summed E-state index contributed by atoms with van der Waals surface area (Å²) in [7, 11) is 2.17. The van der Waals surface area contributed by atoms with E-state index in [9.17, 15) is 0 Å². The van der Waals surface area contributed by atoms with Gasteiger partial charge in [-0.25, -0.2) is 0 Å². The lowest BCUT2D eigenvalue weighted by molar-refractivity contribution is 0.215. The van der Waals surface area contributed by atoms with Gasteiger partial charge in [0.15, 0.2) is 0 Å². The van der Waals surface area contributed by atoms with Gasteiger partial charge in [0.25, 0.3) is 0 Å². The second-order valence-electron chi connectivity index (χ2n) is 5.04. The number of likely N-dealkylation sites (N-methyl/N-ethyl adjacent to an activating group) is 1. The van der Waals surface area contributed by atoms with Gasteiger partial charge in [-0.15, -0.1) is 0 Å². The summed E-state index contributed by atoms with van der Waals surface area (Å²) in [6.45, 7) is 5.43. The summed E-state index contributed by atoms with van der Waals surface area (Å²) in [6.07, 6.45) is 3.79. The summed E-state index contributed by atoms with van der Waals surface area (Å²) in [5.41, 5.74) is 7.46. The SMILES string of the molecule is CCCCCN(C)C(c1ccc(Br)cc1)C(C)N. The molecule has 0 aliphatic carbocycles. The maximum atomic E-state index is 6.16. The molecule has 0 amide bonds. The van der Waals surface area contributed by atoms with Crippen molar-refractivity contribution in [3.63, 3.8) is 0 Å². The van der Waals surface area contributed by atoms with Gasteiger partial charge in [-0.2, -0.15) is 0 Å². The van der Waals surface area contributed by atoms with Gasteiger partial charge < -0.3 is 5.73 Å². The number of hydrogen-bond donors (Lipinski definition) is 1. The summed E-state index contributed by atoms with van der Waals surface area (Å²) in [5, 5.41) is 0. The third-order valence-electron chi connectivity index (χ3n) is 3.30. The van der Waals surface area contributed by atoms with E-state index in [2.05, 4.69) is 66.0 Å². The third kappa shape index (κ3) is 4.71. The Hall–Kier alpha value is -0.380. The smallest absolute Gasteiger partial charge is 0.0493 e. The molecule has 2 N–H and O–H groups in total. The normalized spacial score (nSPS) is 14.8. The van der Waals surface area contributed by atoms with Crippen molar-refractivity contribution in [3.05, 3.63) is 34.3 Å². The van der Waals surface area contributed by atoms with Gasteiger partial charge in [0.05, 0.1) is 0 Å². The lowest BCUT2D eigenvalue weighted by Gasteiger charge is -2.31. The second-order valence-corrected chi connectivity index (χ2v) is 5.96. The summed E-state index contributed by atoms with van der Waals surface area (Å²) in [6, 6.07) is 8.94. The summed E-state index contributed by atoms with van der Waals surface area (Å²) in [4.78, 5) is 2.38. The van der Waals surface area contributed by atoms with E-state index in [-0.39, 0.29) is 6.04 Å². The Morgan fingerprint density at radius 2 is 1.83 bits per heavy atom. The third-order valence-corrected chi connectivity index (χ3v) is 3.83. The second kappa shape index (κ2) is 7.93. The van der Waals surface area contributed by atoms with Crippen LogP contribution in [0.25, 0.3) is 0 Å². The molecule has 0 radical (unpaired) electrons. The van der Waals surface area contributed by atoms with Crippen LogP contribution in [-0.4, -0.2) is 24.5 Å². The Kier molecular flexibility index (Phi) is 6.90. The van der Waals surface area contributed by atoms with E-state index >= 15 is 0 Å². The van der Waals surface area contributed by atoms with Crippen molar-refractivity contribution in [1.82, 2.24) is 4.90 Å². The number of nitrogens with two attached hydrogens (primary N) is 1. The van der Waals surface area contributed by atoms with Crippen LogP contribution < -0.4 is 5.73 Å². The topological polar surface area (TPSA) is 29.3 Å². The number of rotatable bonds is 7. The largest absolute Gasteiger partial charge is 0.326 e. The van der Waals surface area contributed by atoms with E-state index in [1.165, 1.54) is 24.8 Å². The molecule has 3 heteroatoms. The fourth-order valence-corrected chi connectivity index (χ4v) is 2.63. The molecule has 0 aliphatic rings. The number of hydrogen-bond acceptors (Lipinski definition) is 2. The van der Waals surface area contributed by atoms with Crippen LogP contribution in [0.2, 0.25) is 0 Å². The minimum Gasteiger partial charge on any atom is -0.326 e. The average molecular weight is 313 g/mol. The van der Waals surface area contributed by atoms with Crippen LogP contribution >= 0.6 is 15.9 Å². The fourth-order valence-electron chi connectivity index (χ4n) is 2.37. The molecular weight excluding hydrogens is 288 g/mol. The molecule has 2 nitrogen and oxygen atoms in total. The minimum absolute atomic E-state index is 0.137. The Balaban J connectivity index is 2.72. The van der Waals surface area contributed by atoms with Crippen LogP contribution in [0.3, 0.4) is 0 Å². The first-order valence-corrected chi connectivity index (χ1v) is 7.56. The van der Waals surface area contributed by atoms with Crippen LogP contribution in [0.4, 0.5) is 0 Å². The van der Waals surface area contributed by atoms with E-state index < -0.39 is 0 Å². The maximum Gasteiger partial charge on any atom is 0.0493 e. The highest BCUT2D eigenvalue weighted by Gasteiger charge is 2.20. The van der Waals surface area contributed by atoms with Gasteiger partial charge in [-0.05, 0) is 44.6 Å². The molecule has 1 aromatic rings. The van der Waals surface area contributed by atoms with Gasteiger partial charge in [-0.3, -0.25) is 4.90 Å². The van der Waals surface area contributed by atoms with Crippen LogP contribution in [0, 0.1) is 0 Å². The molecule has 0 aliphatic heterocycles. The Morgan fingerprint density at radius 3 is 2.33 bits per heavy atom. The molecule has 102 valence electrons. The molecule has 0 fully saturated rings. The number of nitrogens with zero attached hydrogens (tertiary/aromatic N) is 1. The average Bonchev–Trinajstić information content (AvgIpc) is 2.32. The molecule has 18 heavy (non-hydrogen) atoms. The van der Waals surface area contributed by atoms with Crippen molar-refractivity contribution in [2.45, 2.75) is 45.2 Å². The molecular formula is C15H25BrN2. The quantitative estimate of drug-likeness (QED) is 0.772. The van der Waals surface area contributed by atoms with Crippen molar-refractivity contribution in [2.24, 2.45) is 5.73 Å². The Morgan fingerprint density at radius 1 is 1.22 bits per heavy atom. The Bertz CT molecular complexity index is 335. The van der Waals surface area contributed by atoms with Gasteiger partial charge in [0, 0.05) is 16.6 Å². The molecule has 0 saturated carbocycles. The number of benzene rings is 1. The molecule has 0 saturated heterocycles. The highest BCUT2D eigenvalue weighted by Crippen LogP contribution is 2.24. The highest BCUT2D eigenvalue weighted by atomic mass is 79.9. The molecule has 1 aromatic carbocycles. The van der Waals surface area contributed by atoms with Crippen molar-refractivity contribution in [3.8, 4) is 0 Å². The van der Waals surface area contributed by atoms with Gasteiger partial charge in [0.1, 0.15) is 0 Å². The summed E-state index contributed by atoms with van der Waals surface area (Å²) < 4.78 is 1.11. The molecule has 0 heterocycles. The monoisotopic (exact) mass is 312 g/mol. The summed E-state index contributed by atoms with van der Waals surface area (Å²) >= 11 is 3.48. The molecule has 2 atom stereocenters. The minimum atomic E-state index is 0.137. The van der Waals surface area contributed by atoms with E-state index in [0.717, 1.165) is 11.0 Å². The van der Waals surface area contributed by atoms with Crippen molar-refractivity contribution < 1.29 is 0 Å². The lowest BCUT2D eigenvalue weighted by atomic mass is 9.99. The number of unbranched alkanes of at least 4 members (excludes halogenated alkanes) is 2. The molecule has 2 unspecified atom stereocenters. The Labute approximate surface area is 120 Å². The zero-order chi connectivity index (χ0) is 13.5. The molecule has 0 aromatic heterocycles. The molecule has 0 spiro atoms. The van der Waals surface area contributed by atoms with Gasteiger partial charge in [-0.1, -0.05) is 47.8 Å². The maximum absolute atomic E-state index is 6.16. The standard InChI is InChI=1S/C15H25BrN2/c1-4-5-6-11-18(3)15(12(2)17)13-7-9-14(16)10-8-13/h7-10,12,15H,4-6,11,17H2,1-3H3. The van der Waals surface area contributed by atoms with E-state index in [1.807, 2.05) is 0 Å². The van der Waals surface area contributed by atoms with E-state index in [0.29, 0.717) is 6.04 Å². The van der Waals surface area contributed by atoms with Crippen LogP contribution in [0.15, 0.2) is 28.7 Å². The summed E-state index contributed by atoms with van der Waals surface area (Å²) in [5.74, 6) is 0. The zero-order valence-corrected chi connectivity index (χ0v) is 13.3. The van der Waals surface area contributed by atoms with Crippen molar-refractivity contribution in [1.29, 1.82) is 0 Å². The van der Waals surface area contributed by atoms with E-state index in [1.54, 1.807) is 0 Å². The van der Waals surface area contributed by atoms with Gasteiger partial charge >= 0.3 is 0 Å².